The third kappa shape index (κ3) is 3.41. The standard InChI is InChI=1S/C15H18BrN3O3/c1-9(11-7-10(21-3)5-6-13(11)22-4)17-15(20)14-12(16)8-19(2)18-14/h5-9H,1-4H3,(H,17,20). The van der Waals surface area contributed by atoms with Gasteiger partial charge in [0.25, 0.3) is 5.91 Å². The molecule has 1 aromatic heterocycles. The predicted molar refractivity (Wildman–Crippen MR) is 86.3 cm³/mol. The monoisotopic (exact) mass is 367 g/mol. The van der Waals surface area contributed by atoms with Crippen molar-refractivity contribution in [3.05, 3.63) is 40.1 Å². The molecule has 2 aromatic rings. The first kappa shape index (κ1) is 16.4. The van der Waals surface area contributed by atoms with Crippen LogP contribution in [0.5, 0.6) is 11.5 Å². The summed E-state index contributed by atoms with van der Waals surface area (Å²) < 4.78 is 12.8. The van der Waals surface area contributed by atoms with Gasteiger partial charge >= 0.3 is 0 Å². The molecule has 1 unspecified atom stereocenters. The summed E-state index contributed by atoms with van der Waals surface area (Å²) in [5, 5.41) is 7.05. The van der Waals surface area contributed by atoms with Gasteiger partial charge < -0.3 is 14.8 Å². The highest BCUT2D eigenvalue weighted by atomic mass is 79.9. The van der Waals surface area contributed by atoms with Gasteiger partial charge in [0.15, 0.2) is 5.69 Å². The molecule has 1 atom stereocenters. The van der Waals surface area contributed by atoms with Gasteiger partial charge in [-0.05, 0) is 41.1 Å². The molecule has 2 rings (SSSR count). The molecule has 1 heterocycles. The van der Waals surface area contributed by atoms with E-state index in [1.165, 1.54) is 0 Å². The number of rotatable bonds is 5. The van der Waals surface area contributed by atoms with Gasteiger partial charge in [-0.1, -0.05) is 0 Å². The van der Waals surface area contributed by atoms with E-state index in [4.69, 9.17) is 9.47 Å². The molecule has 0 aliphatic heterocycles. The topological polar surface area (TPSA) is 65.4 Å². The van der Waals surface area contributed by atoms with Crippen LogP contribution in [-0.4, -0.2) is 29.9 Å². The van der Waals surface area contributed by atoms with Crippen molar-refractivity contribution < 1.29 is 14.3 Å². The lowest BCUT2D eigenvalue weighted by molar-refractivity contribution is 0.0933. The third-order valence-electron chi connectivity index (χ3n) is 3.25. The fourth-order valence-corrected chi connectivity index (χ4v) is 2.69. The summed E-state index contributed by atoms with van der Waals surface area (Å²) in [6.45, 7) is 1.88. The van der Waals surface area contributed by atoms with Gasteiger partial charge in [0.05, 0.1) is 24.7 Å². The number of hydrogen-bond donors (Lipinski definition) is 1. The fraction of sp³-hybridized carbons (Fsp3) is 0.333. The Bertz CT molecular complexity index is 685. The summed E-state index contributed by atoms with van der Waals surface area (Å²) in [5.41, 5.74) is 1.18. The van der Waals surface area contributed by atoms with Crippen molar-refractivity contribution in [2.75, 3.05) is 14.2 Å². The molecular weight excluding hydrogens is 350 g/mol. The number of benzene rings is 1. The number of ether oxygens (including phenoxy) is 2. The van der Waals surface area contributed by atoms with Gasteiger partial charge in [0.1, 0.15) is 11.5 Å². The lowest BCUT2D eigenvalue weighted by Gasteiger charge is -2.17. The Morgan fingerprint density at radius 1 is 1.36 bits per heavy atom. The molecule has 0 fully saturated rings. The molecule has 0 aliphatic rings. The Kier molecular flexibility index (Phi) is 5.07. The number of nitrogens with zero attached hydrogens (tertiary/aromatic N) is 2. The maximum atomic E-state index is 12.3. The molecule has 1 aromatic carbocycles. The van der Waals surface area contributed by atoms with Crippen molar-refractivity contribution >= 4 is 21.8 Å². The van der Waals surface area contributed by atoms with E-state index in [2.05, 4.69) is 26.3 Å². The minimum atomic E-state index is -0.259. The second-order valence-corrected chi connectivity index (χ2v) is 5.66. The Labute approximate surface area is 137 Å². The highest BCUT2D eigenvalue weighted by molar-refractivity contribution is 9.10. The van der Waals surface area contributed by atoms with E-state index in [1.807, 2.05) is 25.1 Å². The molecule has 0 aliphatic carbocycles. The normalized spacial score (nSPS) is 11.9. The van der Waals surface area contributed by atoms with Crippen LogP contribution >= 0.6 is 15.9 Å². The second kappa shape index (κ2) is 6.83. The number of amides is 1. The van der Waals surface area contributed by atoms with E-state index >= 15 is 0 Å². The van der Waals surface area contributed by atoms with Crippen molar-refractivity contribution in [1.29, 1.82) is 0 Å². The van der Waals surface area contributed by atoms with Crippen LogP contribution in [0.15, 0.2) is 28.9 Å². The van der Waals surface area contributed by atoms with Gasteiger partial charge in [0, 0.05) is 18.8 Å². The number of nitrogens with one attached hydrogen (secondary N) is 1. The molecule has 1 amide bonds. The van der Waals surface area contributed by atoms with Crippen molar-refractivity contribution in [2.24, 2.45) is 7.05 Å². The maximum absolute atomic E-state index is 12.3. The molecule has 22 heavy (non-hydrogen) atoms. The minimum Gasteiger partial charge on any atom is -0.497 e. The average Bonchev–Trinajstić information content (AvgIpc) is 2.85. The summed E-state index contributed by atoms with van der Waals surface area (Å²) >= 11 is 3.33. The van der Waals surface area contributed by atoms with Gasteiger partial charge in [-0.25, -0.2) is 0 Å². The number of carbonyl (C=O) groups excluding carboxylic acids is 1. The predicted octanol–water partition coefficient (Wildman–Crippen LogP) is 2.69. The number of aryl methyl sites for hydroxylation is 1. The van der Waals surface area contributed by atoms with Crippen LogP contribution in [0.25, 0.3) is 0 Å². The first-order chi connectivity index (χ1) is 10.5. The molecule has 1 N–H and O–H groups in total. The first-order valence-corrected chi connectivity index (χ1v) is 7.47. The summed E-state index contributed by atoms with van der Waals surface area (Å²) in [6.07, 6.45) is 1.73. The summed E-state index contributed by atoms with van der Waals surface area (Å²) in [7, 11) is 4.95. The molecule has 0 saturated heterocycles. The minimum absolute atomic E-state index is 0.258. The van der Waals surface area contributed by atoms with E-state index < -0.39 is 0 Å². The Morgan fingerprint density at radius 2 is 2.09 bits per heavy atom. The SMILES string of the molecule is COc1ccc(OC)c(C(C)NC(=O)c2nn(C)cc2Br)c1. The highest BCUT2D eigenvalue weighted by Crippen LogP contribution is 2.29. The lowest BCUT2D eigenvalue weighted by atomic mass is 10.1. The average molecular weight is 368 g/mol. The number of carbonyl (C=O) groups is 1. The number of hydrogen-bond acceptors (Lipinski definition) is 4. The van der Waals surface area contributed by atoms with Crippen molar-refractivity contribution in [3.63, 3.8) is 0 Å². The van der Waals surface area contributed by atoms with Crippen LogP contribution in [0.4, 0.5) is 0 Å². The Hall–Kier alpha value is -2.02. The largest absolute Gasteiger partial charge is 0.497 e. The van der Waals surface area contributed by atoms with Crippen LogP contribution < -0.4 is 14.8 Å². The second-order valence-electron chi connectivity index (χ2n) is 4.80. The number of methoxy groups -OCH3 is 2. The molecular formula is C15H18BrN3O3. The van der Waals surface area contributed by atoms with E-state index in [0.29, 0.717) is 21.7 Å². The van der Waals surface area contributed by atoms with E-state index in [9.17, 15) is 4.79 Å². The van der Waals surface area contributed by atoms with Crippen LogP contribution in [0.3, 0.4) is 0 Å². The molecule has 118 valence electrons. The van der Waals surface area contributed by atoms with Crippen molar-refractivity contribution in [2.45, 2.75) is 13.0 Å². The zero-order valence-electron chi connectivity index (χ0n) is 12.9. The summed E-state index contributed by atoms with van der Waals surface area (Å²) in [4.78, 5) is 12.3. The molecule has 0 saturated carbocycles. The quantitative estimate of drug-likeness (QED) is 0.882. The first-order valence-electron chi connectivity index (χ1n) is 6.68. The van der Waals surface area contributed by atoms with Crippen molar-refractivity contribution in [3.8, 4) is 11.5 Å². The Balaban J connectivity index is 2.23. The lowest BCUT2D eigenvalue weighted by Crippen LogP contribution is -2.27. The van der Waals surface area contributed by atoms with Gasteiger partial charge in [-0.2, -0.15) is 5.10 Å². The van der Waals surface area contributed by atoms with E-state index in [-0.39, 0.29) is 11.9 Å². The third-order valence-corrected chi connectivity index (χ3v) is 3.83. The highest BCUT2D eigenvalue weighted by Gasteiger charge is 2.19. The number of halogens is 1. The summed E-state index contributed by atoms with van der Waals surface area (Å²) in [5.74, 6) is 1.13. The zero-order valence-corrected chi connectivity index (χ0v) is 14.5. The molecule has 0 bridgehead atoms. The van der Waals surface area contributed by atoms with E-state index in [0.717, 1.165) is 5.56 Å². The van der Waals surface area contributed by atoms with Crippen LogP contribution in [0.1, 0.15) is 29.0 Å². The molecule has 6 nitrogen and oxygen atoms in total. The molecule has 0 radical (unpaired) electrons. The van der Waals surface area contributed by atoms with Crippen LogP contribution in [-0.2, 0) is 7.05 Å². The van der Waals surface area contributed by atoms with E-state index in [1.54, 1.807) is 32.1 Å². The van der Waals surface area contributed by atoms with Gasteiger partial charge in [0.2, 0.25) is 0 Å². The maximum Gasteiger partial charge on any atom is 0.273 e. The fourth-order valence-electron chi connectivity index (χ4n) is 2.13. The number of aromatic nitrogens is 2. The van der Waals surface area contributed by atoms with Crippen molar-refractivity contribution in [1.82, 2.24) is 15.1 Å². The van der Waals surface area contributed by atoms with Gasteiger partial charge in [-0.15, -0.1) is 0 Å². The summed E-state index contributed by atoms with van der Waals surface area (Å²) in [6, 6.07) is 5.21. The van der Waals surface area contributed by atoms with Crippen LogP contribution in [0.2, 0.25) is 0 Å². The zero-order chi connectivity index (χ0) is 16.3. The Morgan fingerprint density at radius 3 is 2.64 bits per heavy atom. The smallest absolute Gasteiger partial charge is 0.273 e. The van der Waals surface area contributed by atoms with Gasteiger partial charge in [-0.3, -0.25) is 9.48 Å². The molecule has 0 spiro atoms. The molecule has 7 heteroatoms. The van der Waals surface area contributed by atoms with Crippen LogP contribution in [0, 0.1) is 0 Å².